The number of ether oxygens (including phenoxy) is 8. The third-order valence-electron chi connectivity index (χ3n) is 3.05. The molecule has 0 fully saturated rings. The van der Waals surface area contributed by atoms with E-state index in [1.807, 2.05) is 0 Å². The molecule has 0 spiro atoms. The van der Waals surface area contributed by atoms with Gasteiger partial charge >= 0.3 is 0 Å². The van der Waals surface area contributed by atoms with Gasteiger partial charge in [-0.1, -0.05) is 0 Å². The molecule has 0 N–H and O–H groups in total. The van der Waals surface area contributed by atoms with Gasteiger partial charge in [-0.3, -0.25) is 0 Å². The normalized spacial score (nSPS) is 11.4. The van der Waals surface area contributed by atoms with Gasteiger partial charge in [0.05, 0.1) is 106 Å². The number of rotatable bonds is 25. The lowest BCUT2D eigenvalue weighted by Crippen LogP contribution is -2.15. The lowest BCUT2D eigenvalue weighted by Gasteiger charge is -2.08. The van der Waals surface area contributed by atoms with Crippen molar-refractivity contribution in [3.05, 3.63) is 0 Å². The molecule has 0 aromatic rings. The summed E-state index contributed by atoms with van der Waals surface area (Å²) in [5, 5.41) is 0. The Morgan fingerprint density at radius 3 is 0.536 bits per heavy atom. The molecule has 0 saturated carbocycles. The van der Waals surface area contributed by atoms with Gasteiger partial charge in [-0.25, -0.2) is 8.78 Å². The smallest absolute Gasteiger partial charge is 0.113 e. The van der Waals surface area contributed by atoms with E-state index in [2.05, 4.69) is 0 Å². The number of hydrogen-bond acceptors (Lipinski definition) is 8. The summed E-state index contributed by atoms with van der Waals surface area (Å²) in [6, 6.07) is 0. The molecular weight excluding hydrogens is 382 g/mol. The van der Waals surface area contributed by atoms with Gasteiger partial charge in [0.15, 0.2) is 0 Å². The van der Waals surface area contributed by atoms with Crippen molar-refractivity contribution in [2.75, 3.05) is 119 Å². The molecule has 0 atom stereocenters. The van der Waals surface area contributed by atoms with Crippen molar-refractivity contribution in [2.24, 2.45) is 0 Å². The lowest BCUT2D eigenvalue weighted by atomic mass is 10.6. The first-order chi connectivity index (χ1) is 13.9. The molecule has 8 nitrogen and oxygen atoms in total. The molecule has 0 heterocycles. The SMILES string of the molecule is FCCOCCOCCOCCOCCOCCOCCOCCOCCF. The summed E-state index contributed by atoms with van der Waals surface area (Å²) >= 11 is 0. The van der Waals surface area contributed by atoms with Crippen LogP contribution in [0.4, 0.5) is 8.78 Å². The van der Waals surface area contributed by atoms with Crippen molar-refractivity contribution in [3.63, 3.8) is 0 Å². The van der Waals surface area contributed by atoms with E-state index in [-0.39, 0.29) is 13.2 Å². The molecular formula is C18H36F2O8. The molecule has 0 aliphatic carbocycles. The average molecular weight is 418 g/mol. The van der Waals surface area contributed by atoms with Gasteiger partial charge in [0.1, 0.15) is 13.3 Å². The number of alkyl halides is 2. The first-order valence-electron chi connectivity index (χ1n) is 9.65. The monoisotopic (exact) mass is 418 g/mol. The van der Waals surface area contributed by atoms with Crippen LogP contribution in [0.25, 0.3) is 0 Å². The van der Waals surface area contributed by atoms with E-state index >= 15 is 0 Å². The quantitative estimate of drug-likeness (QED) is 0.204. The Hall–Kier alpha value is -0.460. The predicted molar refractivity (Wildman–Crippen MR) is 98.5 cm³/mol. The third-order valence-corrected chi connectivity index (χ3v) is 3.05. The van der Waals surface area contributed by atoms with Gasteiger partial charge in [-0.15, -0.1) is 0 Å². The first-order valence-corrected chi connectivity index (χ1v) is 9.65. The summed E-state index contributed by atoms with van der Waals surface area (Å²) in [5.41, 5.74) is 0. The second-order valence-corrected chi connectivity index (χ2v) is 5.28. The highest BCUT2D eigenvalue weighted by Gasteiger charge is 1.95. The molecule has 10 heteroatoms. The minimum atomic E-state index is -0.473. The van der Waals surface area contributed by atoms with Crippen molar-refractivity contribution >= 4 is 0 Å². The second-order valence-electron chi connectivity index (χ2n) is 5.28. The zero-order chi connectivity index (χ0) is 20.4. The van der Waals surface area contributed by atoms with E-state index < -0.39 is 13.3 Å². The van der Waals surface area contributed by atoms with Crippen molar-refractivity contribution in [1.82, 2.24) is 0 Å². The second kappa shape index (κ2) is 26.5. The van der Waals surface area contributed by atoms with Crippen LogP contribution in [0.1, 0.15) is 0 Å². The zero-order valence-corrected chi connectivity index (χ0v) is 16.7. The fourth-order valence-electron chi connectivity index (χ4n) is 1.75. The summed E-state index contributed by atoms with van der Waals surface area (Å²) in [6.07, 6.45) is 0. The van der Waals surface area contributed by atoms with Gasteiger partial charge < -0.3 is 37.9 Å². The van der Waals surface area contributed by atoms with E-state index in [9.17, 15) is 8.78 Å². The van der Waals surface area contributed by atoms with Gasteiger partial charge in [0.2, 0.25) is 0 Å². The molecule has 0 aliphatic rings. The van der Waals surface area contributed by atoms with Gasteiger partial charge in [-0.2, -0.15) is 0 Å². The Kier molecular flexibility index (Phi) is 26.1. The first kappa shape index (κ1) is 27.5. The predicted octanol–water partition coefficient (Wildman–Crippen LogP) is 1.06. The van der Waals surface area contributed by atoms with Gasteiger partial charge in [0.25, 0.3) is 0 Å². The van der Waals surface area contributed by atoms with E-state index in [1.165, 1.54) is 0 Å². The van der Waals surface area contributed by atoms with E-state index in [4.69, 9.17) is 37.9 Å². The van der Waals surface area contributed by atoms with Gasteiger partial charge in [0, 0.05) is 0 Å². The number of halogens is 2. The third kappa shape index (κ3) is 25.5. The summed E-state index contributed by atoms with van der Waals surface area (Å²) in [4.78, 5) is 0. The minimum Gasteiger partial charge on any atom is -0.377 e. The van der Waals surface area contributed by atoms with Crippen LogP contribution in [0, 0.1) is 0 Å². The average Bonchev–Trinajstić information content (AvgIpc) is 2.71. The van der Waals surface area contributed by atoms with E-state index in [0.717, 1.165) is 0 Å². The van der Waals surface area contributed by atoms with Crippen molar-refractivity contribution in [3.8, 4) is 0 Å². The molecule has 170 valence electrons. The maximum atomic E-state index is 11.7. The summed E-state index contributed by atoms with van der Waals surface area (Å²) in [7, 11) is 0. The molecule has 0 rings (SSSR count). The molecule has 0 aromatic heterocycles. The minimum absolute atomic E-state index is 0.114. The molecule has 0 radical (unpaired) electrons. The Morgan fingerprint density at radius 1 is 0.250 bits per heavy atom. The Bertz CT molecular complexity index is 252. The lowest BCUT2D eigenvalue weighted by molar-refractivity contribution is -0.0235. The number of hydrogen-bond donors (Lipinski definition) is 0. The van der Waals surface area contributed by atoms with Crippen LogP contribution in [0.15, 0.2) is 0 Å². The van der Waals surface area contributed by atoms with Crippen LogP contribution in [0.2, 0.25) is 0 Å². The molecule has 28 heavy (non-hydrogen) atoms. The van der Waals surface area contributed by atoms with E-state index in [1.54, 1.807) is 0 Å². The molecule has 0 bridgehead atoms. The standard InChI is InChI=1S/C18H36F2O8/c19-1-3-21-5-7-23-9-11-25-13-15-27-17-18-28-16-14-26-12-10-24-8-6-22-4-2-20/h1-18H2. The van der Waals surface area contributed by atoms with E-state index in [0.29, 0.717) is 92.5 Å². The topological polar surface area (TPSA) is 73.8 Å². The Labute approximate surface area is 166 Å². The summed E-state index contributed by atoms with van der Waals surface area (Å²) < 4.78 is 65.2. The molecule has 0 amide bonds. The highest BCUT2D eigenvalue weighted by atomic mass is 19.1. The van der Waals surface area contributed by atoms with Crippen LogP contribution >= 0.6 is 0 Å². The van der Waals surface area contributed by atoms with Crippen LogP contribution < -0.4 is 0 Å². The highest BCUT2D eigenvalue weighted by molar-refractivity contribution is 4.37. The molecule has 0 unspecified atom stereocenters. The maximum Gasteiger partial charge on any atom is 0.113 e. The summed E-state index contributed by atoms with van der Waals surface area (Å²) in [6.45, 7) is 5.79. The van der Waals surface area contributed by atoms with Crippen molar-refractivity contribution in [2.45, 2.75) is 0 Å². The van der Waals surface area contributed by atoms with Crippen LogP contribution in [-0.2, 0) is 37.9 Å². The molecule has 0 aromatic carbocycles. The van der Waals surface area contributed by atoms with Crippen LogP contribution in [-0.4, -0.2) is 119 Å². The molecule has 0 saturated heterocycles. The largest absolute Gasteiger partial charge is 0.377 e. The summed E-state index contributed by atoms with van der Waals surface area (Å²) in [5.74, 6) is 0. The fourth-order valence-corrected chi connectivity index (χ4v) is 1.75. The van der Waals surface area contributed by atoms with Crippen LogP contribution in [0.3, 0.4) is 0 Å². The fraction of sp³-hybridized carbons (Fsp3) is 1.00. The Balaban J connectivity index is 2.96. The van der Waals surface area contributed by atoms with Crippen LogP contribution in [0.5, 0.6) is 0 Å². The van der Waals surface area contributed by atoms with Gasteiger partial charge in [-0.05, 0) is 0 Å². The zero-order valence-electron chi connectivity index (χ0n) is 16.7. The highest BCUT2D eigenvalue weighted by Crippen LogP contribution is 1.85. The van der Waals surface area contributed by atoms with Crippen molar-refractivity contribution < 1.29 is 46.7 Å². The Morgan fingerprint density at radius 2 is 0.393 bits per heavy atom. The molecule has 0 aliphatic heterocycles. The van der Waals surface area contributed by atoms with Crippen molar-refractivity contribution in [1.29, 1.82) is 0 Å². The maximum absolute atomic E-state index is 11.7.